The minimum Gasteiger partial charge on any atom is -0.465 e. The van der Waals surface area contributed by atoms with Crippen molar-refractivity contribution >= 4 is 11.8 Å². The predicted octanol–water partition coefficient (Wildman–Crippen LogP) is 1.19. The summed E-state index contributed by atoms with van der Waals surface area (Å²) < 4.78 is 9.72. The van der Waals surface area contributed by atoms with Crippen LogP contribution in [0.1, 0.15) is 26.3 Å². The Balaban J connectivity index is 2.54. The van der Waals surface area contributed by atoms with Gasteiger partial charge in [0.05, 0.1) is 19.3 Å². The minimum absolute atomic E-state index is 0.0810. The monoisotopic (exact) mass is 206 g/mol. The third-order valence-corrected chi connectivity index (χ3v) is 2.36. The van der Waals surface area contributed by atoms with Gasteiger partial charge in [0.25, 0.3) is 0 Å². The molecule has 0 spiro atoms. The molecule has 0 amide bonds. The highest BCUT2D eigenvalue weighted by Gasteiger charge is 2.22. The lowest BCUT2D eigenvalue weighted by molar-refractivity contribution is 0.0578. The number of benzene rings is 1. The Morgan fingerprint density at radius 2 is 2.20 bits per heavy atom. The molecule has 0 radical (unpaired) electrons. The molecule has 0 fully saturated rings. The zero-order valence-electron chi connectivity index (χ0n) is 8.28. The molecule has 4 heteroatoms. The SMILES string of the molecule is COC(=O)c1cccc2c1COCC2=O. The van der Waals surface area contributed by atoms with E-state index < -0.39 is 5.97 Å². The molecule has 15 heavy (non-hydrogen) atoms. The Bertz CT molecular complexity index is 423. The molecule has 0 aliphatic carbocycles. The Labute approximate surface area is 86.8 Å². The van der Waals surface area contributed by atoms with E-state index >= 15 is 0 Å². The second-order valence-corrected chi connectivity index (χ2v) is 3.24. The van der Waals surface area contributed by atoms with E-state index in [9.17, 15) is 9.59 Å². The largest absolute Gasteiger partial charge is 0.465 e. The molecule has 78 valence electrons. The molecule has 1 aromatic carbocycles. The molecular formula is C11H10O4. The number of ether oxygens (including phenoxy) is 2. The summed E-state index contributed by atoms with van der Waals surface area (Å²) in [5.74, 6) is -0.535. The smallest absolute Gasteiger partial charge is 0.338 e. The summed E-state index contributed by atoms with van der Waals surface area (Å²) in [5.41, 5.74) is 1.59. The van der Waals surface area contributed by atoms with Gasteiger partial charge in [-0.1, -0.05) is 12.1 Å². The van der Waals surface area contributed by atoms with Crippen LogP contribution in [0.4, 0.5) is 0 Å². The summed E-state index contributed by atoms with van der Waals surface area (Å²) in [5, 5.41) is 0. The van der Waals surface area contributed by atoms with Gasteiger partial charge in [0.15, 0.2) is 5.78 Å². The van der Waals surface area contributed by atoms with Gasteiger partial charge in [-0.15, -0.1) is 0 Å². The third kappa shape index (κ3) is 1.64. The van der Waals surface area contributed by atoms with E-state index in [4.69, 9.17) is 4.74 Å². The number of methoxy groups -OCH3 is 1. The fraction of sp³-hybridized carbons (Fsp3) is 0.273. The molecule has 1 aliphatic heterocycles. The normalized spacial score (nSPS) is 14.6. The zero-order valence-corrected chi connectivity index (χ0v) is 8.28. The summed E-state index contributed by atoms with van der Waals surface area (Å²) in [7, 11) is 1.31. The second-order valence-electron chi connectivity index (χ2n) is 3.24. The molecule has 0 aromatic heterocycles. The van der Waals surface area contributed by atoms with Crippen molar-refractivity contribution in [2.75, 3.05) is 13.7 Å². The summed E-state index contributed by atoms with van der Waals surface area (Å²) in [4.78, 5) is 22.9. The second kappa shape index (κ2) is 3.82. The quantitative estimate of drug-likeness (QED) is 0.647. The number of esters is 1. The minimum atomic E-state index is -0.440. The molecule has 1 aliphatic rings. The summed E-state index contributed by atoms with van der Waals surface area (Å²) in [6, 6.07) is 5.01. The Kier molecular flexibility index (Phi) is 2.51. The average Bonchev–Trinajstić information content (AvgIpc) is 2.28. The summed E-state index contributed by atoms with van der Waals surface area (Å²) in [6.45, 7) is 0.365. The van der Waals surface area contributed by atoms with Crippen LogP contribution in [-0.4, -0.2) is 25.5 Å². The molecule has 4 nitrogen and oxygen atoms in total. The Morgan fingerprint density at radius 1 is 1.40 bits per heavy atom. The van der Waals surface area contributed by atoms with Crippen molar-refractivity contribution in [1.29, 1.82) is 0 Å². The maximum Gasteiger partial charge on any atom is 0.338 e. The number of hydrogen-bond acceptors (Lipinski definition) is 4. The van der Waals surface area contributed by atoms with Gasteiger partial charge in [0.2, 0.25) is 0 Å². The van der Waals surface area contributed by atoms with Gasteiger partial charge < -0.3 is 9.47 Å². The van der Waals surface area contributed by atoms with Crippen molar-refractivity contribution in [3.05, 3.63) is 34.9 Å². The molecular weight excluding hydrogens is 196 g/mol. The van der Waals surface area contributed by atoms with Gasteiger partial charge in [-0.3, -0.25) is 4.79 Å². The van der Waals surface area contributed by atoms with E-state index in [1.807, 2.05) is 0 Å². The fourth-order valence-electron chi connectivity index (χ4n) is 1.63. The lowest BCUT2D eigenvalue weighted by Gasteiger charge is -2.17. The summed E-state index contributed by atoms with van der Waals surface area (Å²) >= 11 is 0. The van der Waals surface area contributed by atoms with Gasteiger partial charge >= 0.3 is 5.97 Å². The van der Waals surface area contributed by atoms with E-state index in [0.717, 1.165) is 0 Å². The van der Waals surface area contributed by atoms with Crippen molar-refractivity contribution in [1.82, 2.24) is 0 Å². The van der Waals surface area contributed by atoms with Gasteiger partial charge in [-0.05, 0) is 6.07 Å². The van der Waals surface area contributed by atoms with Crippen LogP contribution in [-0.2, 0) is 16.1 Å². The van der Waals surface area contributed by atoms with Crippen LogP contribution in [0.2, 0.25) is 0 Å². The molecule has 0 N–H and O–H groups in total. The van der Waals surface area contributed by atoms with Crippen LogP contribution in [0.25, 0.3) is 0 Å². The topological polar surface area (TPSA) is 52.6 Å². The number of carbonyl (C=O) groups excluding carboxylic acids is 2. The van der Waals surface area contributed by atoms with Gasteiger partial charge in [-0.25, -0.2) is 4.79 Å². The van der Waals surface area contributed by atoms with Crippen LogP contribution in [0.3, 0.4) is 0 Å². The van der Waals surface area contributed by atoms with Crippen LogP contribution in [0, 0.1) is 0 Å². The van der Waals surface area contributed by atoms with E-state index in [2.05, 4.69) is 4.74 Å². The standard InChI is InChI=1S/C11H10O4/c1-14-11(13)8-4-2-3-7-9(8)5-15-6-10(7)12/h2-4H,5-6H2,1H3. The van der Waals surface area contributed by atoms with Crippen molar-refractivity contribution in [2.24, 2.45) is 0 Å². The van der Waals surface area contributed by atoms with E-state index in [-0.39, 0.29) is 19.0 Å². The highest BCUT2D eigenvalue weighted by Crippen LogP contribution is 2.21. The molecule has 0 atom stereocenters. The zero-order chi connectivity index (χ0) is 10.8. The lowest BCUT2D eigenvalue weighted by atomic mass is 9.97. The molecule has 2 rings (SSSR count). The van der Waals surface area contributed by atoms with Crippen molar-refractivity contribution < 1.29 is 19.1 Å². The van der Waals surface area contributed by atoms with Gasteiger partial charge in [0.1, 0.15) is 6.61 Å². The maximum atomic E-state index is 11.5. The number of fused-ring (bicyclic) bond motifs is 1. The number of ketones is 1. The Hall–Kier alpha value is -1.68. The Morgan fingerprint density at radius 3 is 2.93 bits per heavy atom. The first-order chi connectivity index (χ1) is 7.24. The maximum absolute atomic E-state index is 11.5. The van der Waals surface area contributed by atoms with Crippen LogP contribution in [0.5, 0.6) is 0 Å². The summed E-state index contributed by atoms with van der Waals surface area (Å²) in [6.07, 6.45) is 0. The fourth-order valence-corrected chi connectivity index (χ4v) is 1.63. The lowest BCUT2D eigenvalue weighted by Crippen LogP contribution is -2.21. The van der Waals surface area contributed by atoms with Crippen LogP contribution in [0.15, 0.2) is 18.2 Å². The molecule has 0 saturated carbocycles. The molecule has 1 aromatic rings. The van der Waals surface area contributed by atoms with E-state index in [1.165, 1.54) is 7.11 Å². The average molecular weight is 206 g/mol. The highest BCUT2D eigenvalue weighted by atomic mass is 16.5. The number of carbonyl (C=O) groups is 2. The molecule has 1 heterocycles. The van der Waals surface area contributed by atoms with Crippen LogP contribution < -0.4 is 0 Å². The van der Waals surface area contributed by atoms with E-state index in [1.54, 1.807) is 18.2 Å². The third-order valence-electron chi connectivity index (χ3n) is 2.36. The van der Waals surface area contributed by atoms with E-state index in [0.29, 0.717) is 16.7 Å². The number of Topliss-reactive ketones (excluding diaryl/α,β-unsaturated/α-hetero) is 1. The molecule has 0 unspecified atom stereocenters. The number of hydrogen-bond donors (Lipinski definition) is 0. The first-order valence-electron chi connectivity index (χ1n) is 4.55. The van der Waals surface area contributed by atoms with Gasteiger partial charge in [-0.2, -0.15) is 0 Å². The molecule has 0 bridgehead atoms. The highest BCUT2D eigenvalue weighted by molar-refractivity contribution is 6.02. The van der Waals surface area contributed by atoms with Crippen molar-refractivity contribution in [3.63, 3.8) is 0 Å². The predicted molar refractivity (Wildman–Crippen MR) is 51.8 cm³/mol. The van der Waals surface area contributed by atoms with Gasteiger partial charge in [0, 0.05) is 11.1 Å². The van der Waals surface area contributed by atoms with Crippen LogP contribution >= 0.6 is 0 Å². The first-order valence-corrected chi connectivity index (χ1v) is 4.55. The first kappa shape index (κ1) is 9.86. The van der Waals surface area contributed by atoms with Crippen molar-refractivity contribution in [3.8, 4) is 0 Å². The van der Waals surface area contributed by atoms with Crippen molar-refractivity contribution in [2.45, 2.75) is 6.61 Å². The number of rotatable bonds is 1. The molecule has 0 saturated heterocycles.